The molecule has 0 radical (unpaired) electrons. The van der Waals surface area contributed by atoms with E-state index in [-0.39, 0.29) is 17.1 Å². The Balaban J connectivity index is 2.04. The van der Waals surface area contributed by atoms with Gasteiger partial charge in [0.1, 0.15) is 17.1 Å². The summed E-state index contributed by atoms with van der Waals surface area (Å²) >= 11 is 0. The van der Waals surface area contributed by atoms with Gasteiger partial charge in [0, 0.05) is 17.0 Å². The second-order valence-corrected chi connectivity index (χ2v) is 6.17. The number of aryl methyl sites for hydroxylation is 1. The van der Waals surface area contributed by atoms with E-state index >= 15 is 0 Å². The molecule has 132 valence electrons. The van der Waals surface area contributed by atoms with Crippen LogP contribution >= 0.6 is 0 Å². The molecule has 0 spiro atoms. The average Bonchev–Trinajstić information content (AvgIpc) is 2.97. The summed E-state index contributed by atoms with van der Waals surface area (Å²) in [5.74, 6) is 0.156. The van der Waals surface area contributed by atoms with E-state index < -0.39 is 11.7 Å². The van der Waals surface area contributed by atoms with Crippen LogP contribution < -0.4 is 0 Å². The molecule has 0 bridgehead atoms. The van der Waals surface area contributed by atoms with Gasteiger partial charge in [-0.1, -0.05) is 31.9 Å². The number of unbranched alkanes of at least 4 members (excludes halogenated alkanes) is 2. The number of phenolic OH excluding ortho intramolecular Hbond substituents is 1. The zero-order valence-corrected chi connectivity index (χ0v) is 13.9. The molecule has 5 heteroatoms. The minimum absolute atomic E-state index is 0.00992. The fourth-order valence-corrected chi connectivity index (χ4v) is 2.93. The van der Waals surface area contributed by atoms with Gasteiger partial charge in [0.25, 0.3) is 0 Å². The maximum absolute atomic E-state index is 13.5. The van der Waals surface area contributed by atoms with Crippen LogP contribution in [0.15, 0.2) is 46.9 Å². The predicted molar refractivity (Wildman–Crippen MR) is 91.5 cm³/mol. The van der Waals surface area contributed by atoms with Crippen LogP contribution in [0.3, 0.4) is 0 Å². The van der Waals surface area contributed by atoms with E-state index in [0.717, 1.165) is 19.3 Å². The lowest BCUT2D eigenvalue weighted by Crippen LogP contribution is -2.08. The van der Waals surface area contributed by atoms with Crippen molar-refractivity contribution in [2.75, 3.05) is 0 Å². The Morgan fingerprint density at radius 1 is 1.00 bits per heavy atom. The van der Waals surface area contributed by atoms with E-state index in [2.05, 4.69) is 6.92 Å². The fourth-order valence-electron chi connectivity index (χ4n) is 2.93. The third kappa shape index (κ3) is 3.81. The summed E-state index contributed by atoms with van der Waals surface area (Å²) in [6.07, 6.45) is -0.939. The minimum atomic E-state index is -4.46. The van der Waals surface area contributed by atoms with Crippen LogP contribution in [0.1, 0.15) is 37.3 Å². The van der Waals surface area contributed by atoms with Crippen molar-refractivity contribution in [1.82, 2.24) is 0 Å². The van der Waals surface area contributed by atoms with Gasteiger partial charge >= 0.3 is 6.18 Å². The average molecular weight is 348 g/mol. The molecule has 1 heterocycles. The molecule has 0 aliphatic carbocycles. The molecule has 2 aromatic carbocycles. The Morgan fingerprint density at radius 3 is 2.52 bits per heavy atom. The number of halogens is 3. The quantitative estimate of drug-likeness (QED) is 0.530. The first-order valence-corrected chi connectivity index (χ1v) is 8.31. The molecular weight excluding hydrogens is 329 g/mol. The smallest absolute Gasteiger partial charge is 0.417 e. The molecule has 1 N–H and O–H groups in total. The van der Waals surface area contributed by atoms with Gasteiger partial charge in [-0.15, -0.1) is 0 Å². The van der Waals surface area contributed by atoms with Crippen molar-refractivity contribution in [3.63, 3.8) is 0 Å². The summed E-state index contributed by atoms with van der Waals surface area (Å²) in [5.41, 5.74) is 0.362. The Hall–Kier alpha value is -2.43. The molecule has 0 aliphatic heterocycles. The molecule has 0 fully saturated rings. The zero-order chi connectivity index (χ0) is 18.0. The van der Waals surface area contributed by atoms with Crippen molar-refractivity contribution >= 4 is 11.0 Å². The lowest BCUT2D eigenvalue weighted by atomic mass is 9.98. The third-order valence-corrected chi connectivity index (χ3v) is 4.23. The highest BCUT2D eigenvalue weighted by molar-refractivity contribution is 5.84. The summed E-state index contributed by atoms with van der Waals surface area (Å²) in [5, 5.41) is 10.1. The Bertz CT molecular complexity index is 878. The van der Waals surface area contributed by atoms with Gasteiger partial charge < -0.3 is 9.52 Å². The number of rotatable bonds is 5. The first-order chi connectivity index (χ1) is 11.9. The second kappa shape index (κ2) is 6.82. The normalized spacial score (nSPS) is 12.0. The highest BCUT2D eigenvalue weighted by atomic mass is 19.4. The van der Waals surface area contributed by atoms with E-state index in [1.807, 2.05) is 0 Å². The topological polar surface area (TPSA) is 33.4 Å². The molecule has 3 rings (SSSR count). The van der Waals surface area contributed by atoms with Crippen molar-refractivity contribution in [2.45, 2.75) is 38.8 Å². The van der Waals surface area contributed by atoms with E-state index in [1.165, 1.54) is 24.3 Å². The number of furan rings is 1. The summed E-state index contributed by atoms with van der Waals surface area (Å²) in [6.45, 7) is 2.06. The van der Waals surface area contributed by atoms with Crippen LogP contribution in [0.2, 0.25) is 0 Å². The molecule has 2 nitrogen and oxygen atoms in total. The number of fused-ring (bicyclic) bond motifs is 1. The fraction of sp³-hybridized carbons (Fsp3) is 0.300. The number of alkyl halides is 3. The lowest BCUT2D eigenvalue weighted by molar-refractivity contribution is -0.137. The zero-order valence-electron chi connectivity index (χ0n) is 13.9. The van der Waals surface area contributed by atoms with Crippen LogP contribution in [0.25, 0.3) is 22.3 Å². The highest BCUT2D eigenvalue weighted by Gasteiger charge is 2.34. The lowest BCUT2D eigenvalue weighted by Gasteiger charge is -2.13. The molecule has 0 saturated carbocycles. The van der Waals surface area contributed by atoms with Crippen molar-refractivity contribution in [3.8, 4) is 17.1 Å². The van der Waals surface area contributed by atoms with Gasteiger partial charge in [-0.2, -0.15) is 13.2 Å². The summed E-state index contributed by atoms with van der Waals surface area (Å²) < 4.78 is 46.2. The first-order valence-electron chi connectivity index (χ1n) is 8.31. The van der Waals surface area contributed by atoms with E-state index in [4.69, 9.17) is 4.42 Å². The molecule has 1 aromatic heterocycles. The van der Waals surface area contributed by atoms with Crippen LogP contribution in [-0.2, 0) is 12.6 Å². The molecule has 3 aromatic rings. The number of aromatic hydroxyl groups is 1. The minimum Gasteiger partial charge on any atom is -0.508 e. The number of benzene rings is 2. The molecule has 0 amide bonds. The largest absolute Gasteiger partial charge is 0.508 e. The van der Waals surface area contributed by atoms with E-state index in [9.17, 15) is 18.3 Å². The molecule has 0 atom stereocenters. The summed E-state index contributed by atoms with van der Waals surface area (Å²) in [7, 11) is 0. The van der Waals surface area contributed by atoms with Crippen LogP contribution in [0.4, 0.5) is 13.2 Å². The molecule has 0 aliphatic rings. The van der Waals surface area contributed by atoms with Crippen molar-refractivity contribution in [3.05, 3.63) is 53.6 Å². The molecule has 0 saturated heterocycles. The Kier molecular flexibility index (Phi) is 4.75. The Morgan fingerprint density at radius 2 is 1.80 bits per heavy atom. The van der Waals surface area contributed by atoms with Gasteiger partial charge in [0.05, 0.1) is 5.56 Å². The van der Waals surface area contributed by atoms with Crippen molar-refractivity contribution in [1.29, 1.82) is 0 Å². The summed E-state index contributed by atoms with van der Waals surface area (Å²) in [6, 6.07) is 10.5. The van der Waals surface area contributed by atoms with Gasteiger partial charge in [-0.25, -0.2) is 0 Å². The van der Waals surface area contributed by atoms with Crippen molar-refractivity contribution < 1.29 is 22.7 Å². The van der Waals surface area contributed by atoms with E-state index in [0.29, 0.717) is 23.0 Å². The van der Waals surface area contributed by atoms with Gasteiger partial charge in [0.15, 0.2) is 0 Å². The second-order valence-electron chi connectivity index (χ2n) is 6.17. The van der Waals surface area contributed by atoms with Crippen LogP contribution in [0, 0.1) is 0 Å². The SMILES string of the molecule is CCCCCc1ccc(-c2cc3ccc(O)cc3o2)c(C(F)(F)F)c1. The highest BCUT2D eigenvalue weighted by Crippen LogP contribution is 2.40. The maximum Gasteiger partial charge on any atom is 0.417 e. The maximum atomic E-state index is 13.5. The molecule has 25 heavy (non-hydrogen) atoms. The molecular formula is C20H19F3O2. The van der Waals surface area contributed by atoms with E-state index in [1.54, 1.807) is 18.2 Å². The van der Waals surface area contributed by atoms with Gasteiger partial charge in [-0.05, 0) is 42.7 Å². The third-order valence-electron chi connectivity index (χ3n) is 4.23. The number of hydrogen-bond donors (Lipinski definition) is 1. The Labute approximate surface area is 143 Å². The molecule has 0 unspecified atom stereocenters. The standard InChI is InChI=1S/C20H19F3O2/c1-2-3-4-5-13-6-9-16(17(10-13)20(21,22)23)19-11-14-7-8-15(24)12-18(14)25-19/h6-12,24H,2-5H2,1H3. The first kappa shape index (κ1) is 17.4. The monoisotopic (exact) mass is 348 g/mol. The van der Waals surface area contributed by atoms with Gasteiger partial charge in [0.2, 0.25) is 0 Å². The van der Waals surface area contributed by atoms with Gasteiger partial charge in [-0.3, -0.25) is 0 Å². The van der Waals surface area contributed by atoms with Crippen LogP contribution in [0.5, 0.6) is 5.75 Å². The van der Waals surface area contributed by atoms with Crippen LogP contribution in [-0.4, -0.2) is 5.11 Å². The number of hydrogen-bond acceptors (Lipinski definition) is 2. The predicted octanol–water partition coefficient (Wildman–Crippen LogP) is 6.56. The number of phenols is 1. The summed E-state index contributed by atoms with van der Waals surface area (Å²) in [4.78, 5) is 0. The van der Waals surface area contributed by atoms with Crippen molar-refractivity contribution in [2.24, 2.45) is 0 Å².